The minimum absolute atomic E-state index is 0.0974. The summed E-state index contributed by atoms with van der Waals surface area (Å²) in [5, 5.41) is 17.1. The Hall–Kier alpha value is -3.27. The first-order valence-corrected chi connectivity index (χ1v) is 9.44. The van der Waals surface area contributed by atoms with E-state index in [0.29, 0.717) is 18.8 Å². The number of aryl methyl sites for hydroxylation is 1. The van der Waals surface area contributed by atoms with Crippen LogP contribution in [0.3, 0.4) is 0 Å². The summed E-state index contributed by atoms with van der Waals surface area (Å²) >= 11 is 0. The molecule has 10 heteroatoms. The predicted octanol–water partition coefficient (Wildman–Crippen LogP) is 0.897. The molecule has 2 amide bonds. The van der Waals surface area contributed by atoms with Crippen molar-refractivity contribution in [1.82, 2.24) is 10.1 Å². The molecule has 0 aliphatic heterocycles. The molecule has 0 radical (unpaired) electrons. The smallest absolute Gasteiger partial charge is 0.269 e. The number of carbonyl (C=O) groups is 2. The molecule has 0 aliphatic carbocycles. The fourth-order valence-electron chi connectivity index (χ4n) is 2.84. The van der Waals surface area contributed by atoms with Crippen LogP contribution in [0.5, 0.6) is 0 Å². The van der Waals surface area contributed by atoms with Gasteiger partial charge < -0.3 is 19.6 Å². The summed E-state index contributed by atoms with van der Waals surface area (Å²) in [6.07, 6.45) is 0. The second-order valence-corrected chi connectivity index (χ2v) is 6.61. The normalized spacial score (nSPS) is 10.8. The van der Waals surface area contributed by atoms with Crippen LogP contribution in [-0.2, 0) is 4.79 Å². The van der Waals surface area contributed by atoms with Crippen molar-refractivity contribution in [3.05, 3.63) is 51.8 Å². The molecular weight excluding hydrogens is 378 g/mol. The number of hydrogen-bond acceptors (Lipinski definition) is 6. The Labute approximate surface area is 168 Å². The largest absolute Gasteiger partial charge is 0.360 e. The molecule has 1 aromatic carbocycles. The van der Waals surface area contributed by atoms with Crippen LogP contribution in [0.2, 0.25) is 0 Å². The molecule has 0 fully saturated rings. The maximum Gasteiger partial charge on any atom is 0.269 e. The van der Waals surface area contributed by atoms with Crippen LogP contribution in [-0.4, -0.2) is 59.5 Å². The highest BCUT2D eigenvalue weighted by molar-refractivity contribution is 5.99. The number of benzene rings is 1. The number of amides is 2. The van der Waals surface area contributed by atoms with Gasteiger partial charge in [0.2, 0.25) is 5.91 Å². The minimum atomic E-state index is -0.525. The minimum Gasteiger partial charge on any atom is -0.360 e. The van der Waals surface area contributed by atoms with Gasteiger partial charge in [0.15, 0.2) is 5.82 Å². The van der Waals surface area contributed by atoms with E-state index in [0.717, 1.165) is 13.1 Å². The van der Waals surface area contributed by atoms with Crippen molar-refractivity contribution in [3.63, 3.8) is 0 Å². The Morgan fingerprint density at radius 1 is 1.24 bits per heavy atom. The summed E-state index contributed by atoms with van der Waals surface area (Å²) < 4.78 is 4.92. The summed E-state index contributed by atoms with van der Waals surface area (Å²) in [6.45, 7) is 8.52. The highest BCUT2D eigenvalue weighted by Gasteiger charge is 2.22. The molecule has 2 rings (SSSR count). The molecule has 0 saturated carbocycles. The number of anilines is 1. The average molecular weight is 404 g/mol. The van der Waals surface area contributed by atoms with Crippen molar-refractivity contribution in [1.29, 1.82) is 0 Å². The van der Waals surface area contributed by atoms with Gasteiger partial charge in [-0.05, 0) is 32.9 Å². The van der Waals surface area contributed by atoms with E-state index in [1.54, 1.807) is 13.0 Å². The van der Waals surface area contributed by atoms with Crippen LogP contribution in [0.1, 0.15) is 30.0 Å². The van der Waals surface area contributed by atoms with Crippen LogP contribution in [0.15, 0.2) is 34.9 Å². The lowest BCUT2D eigenvalue weighted by Gasteiger charge is -2.24. The lowest BCUT2D eigenvalue weighted by molar-refractivity contribution is -0.895. The molecule has 0 atom stereocenters. The van der Waals surface area contributed by atoms with Crippen molar-refractivity contribution in [3.8, 4) is 0 Å². The van der Waals surface area contributed by atoms with Gasteiger partial charge in [0.1, 0.15) is 12.3 Å². The zero-order chi connectivity index (χ0) is 21.4. The van der Waals surface area contributed by atoms with Gasteiger partial charge in [0.25, 0.3) is 11.6 Å². The zero-order valence-corrected chi connectivity index (χ0v) is 16.8. The number of nitrogens with zero attached hydrogens (tertiary/aromatic N) is 3. The second kappa shape index (κ2) is 10.3. The molecule has 29 heavy (non-hydrogen) atoms. The summed E-state index contributed by atoms with van der Waals surface area (Å²) in [5.74, 6) is 0.0786. The number of nitro groups is 1. The van der Waals surface area contributed by atoms with Crippen molar-refractivity contribution in [2.45, 2.75) is 20.8 Å². The fraction of sp³-hybridized carbons (Fsp3) is 0.421. The molecule has 0 aliphatic rings. The lowest BCUT2D eigenvalue weighted by atomic mass is 10.1. The fourth-order valence-corrected chi connectivity index (χ4v) is 2.84. The monoisotopic (exact) mass is 404 g/mol. The first-order valence-electron chi connectivity index (χ1n) is 9.44. The van der Waals surface area contributed by atoms with Gasteiger partial charge in [-0.2, -0.15) is 0 Å². The van der Waals surface area contributed by atoms with Gasteiger partial charge in [-0.25, -0.2) is 0 Å². The van der Waals surface area contributed by atoms with Crippen molar-refractivity contribution in [2.75, 3.05) is 38.0 Å². The zero-order valence-electron chi connectivity index (χ0n) is 16.8. The van der Waals surface area contributed by atoms with Crippen LogP contribution in [0.4, 0.5) is 11.5 Å². The van der Waals surface area contributed by atoms with E-state index in [-0.39, 0.29) is 29.5 Å². The molecule has 1 heterocycles. The molecule has 2 aromatic rings. The third kappa shape index (κ3) is 6.39. The SMILES string of the molecule is CC[NH+](CC)CCN(CC(=O)Nc1cc(C)on1)C(=O)c1ccc([N+](=O)[O-])cc1. The van der Waals surface area contributed by atoms with Gasteiger partial charge in [-0.1, -0.05) is 5.16 Å². The van der Waals surface area contributed by atoms with Crippen LogP contribution < -0.4 is 10.2 Å². The molecule has 0 saturated heterocycles. The lowest BCUT2D eigenvalue weighted by Crippen LogP contribution is -3.12. The van der Waals surface area contributed by atoms with Crippen molar-refractivity contribution < 1.29 is 23.9 Å². The predicted molar refractivity (Wildman–Crippen MR) is 106 cm³/mol. The second-order valence-electron chi connectivity index (χ2n) is 6.61. The Morgan fingerprint density at radius 2 is 1.90 bits per heavy atom. The molecular formula is C19H26N5O5+. The third-order valence-corrected chi connectivity index (χ3v) is 4.58. The standard InChI is InChI=1S/C19H25N5O5/c1-4-22(5-2)10-11-23(13-18(25)20-17-12-14(3)29-21-17)19(26)15-6-8-16(9-7-15)24(27)28/h6-9,12H,4-5,10-11,13H2,1-3H3,(H,20,21,25)/p+1. The van der Waals surface area contributed by atoms with Crippen LogP contribution in [0.25, 0.3) is 0 Å². The van der Waals surface area contributed by atoms with Gasteiger partial charge in [0.05, 0.1) is 31.1 Å². The number of carbonyl (C=O) groups excluding carboxylic acids is 2. The van der Waals surface area contributed by atoms with Crippen molar-refractivity contribution >= 4 is 23.3 Å². The molecule has 2 N–H and O–H groups in total. The van der Waals surface area contributed by atoms with E-state index in [1.807, 2.05) is 0 Å². The number of likely N-dealkylation sites (N-methyl/N-ethyl adjacent to an activating group) is 1. The maximum atomic E-state index is 12.9. The summed E-state index contributed by atoms with van der Waals surface area (Å²) in [5.41, 5.74) is 0.190. The topological polar surface area (TPSA) is 123 Å². The Balaban J connectivity index is 2.12. The van der Waals surface area contributed by atoms with E-state index in [9.17, 15) is 19.7 Å². The van der Waals surface area contributed by atoms with E-state index in [4.69, 9.17) is 4.52 Å². The maximum absolute atomic E-state index is 12.9. The molecule has 156 valence electrons. The first kappa shape index (κ1) is 22.0. The third-order valence-electron chi connectivity index (χ3n) is 4.58. The highest BCUT2D eigenvalue weighted by atomic mass is 16.6. The molecule has 0 unspecified atom stereocenters. The van der Waals surface area contributed by atoms with Gasteiger partial charge in [0, 0.05) is 23.8 Å². The van der Waals surface area contributed by atoms with Gasteiger partial charge in [-0.15, -0.1) is 0 Å². The van der Waals surface area contributed by atoms with Crippen LogP contribution in [0, 0.1) is 17.0 Å². The van der Waals surface area contributed by atoms with E-state index >= 15 is 0 Å². The number of non-ortho nitro benzene ring substituents is 1. The quantitative estimate of drug-likeness (QED) is 0.448. The van der Waals surface area contributed by atoms with Gasteiger partial charge >= 0.3 is 0 Å². The van der Waals surface area contributed by atoms with Crippen molar-refractivity contribution in [2.24, 2.45) is 0 Å². The summed E-state index contributed by atoms with van der Waals surface area (Å²) in [6, 6.07) is 6.94. The van der Waals surface area contributed by atoms with Gasteiger partial charge in [-0.3, -0.25) is 19.7 Å². The summed E-state index contributed by atoms with van der Waals surface area (Å²) in [7, 11) is 0. The first-order chi connectivity index (χ1) is 13.8. The number of nitrogens with one attached hydrogen (secondary N) is 2. The van der Waals surface area contributed by atoms with E-state index in [1.165, 1.54) is 34.1 Å². The number of aromatic nitrogens is 1. The Kier molecular flexibility index (Phi) is 7.84. The molecule has 0 spiro atoms. The number of rotatable bonds is 10. The number of nitro benzene ring substituents is 1. The van der Waals surface area contributed by atoms with Crippen LogP contribution >= 0.6 is 0 Å². The number of quaternary nitrogens is 1. The summed E-state index contributed by atoms with van der Waals surface area (Å²) in [4.78, 5) is 38.4. The molecule has 0 bridgehead atoms. The average Bonchev–Trinajstić information content (AvgIpc) is 3.11. The Bertz CT molecular complexity index is 845. The molecule has 1 aromatic heterocycles. The van der Waals surface area contributed by atoms with E-state index < -0.39 is 10.8 Å². The molecule has 10 nitrogen and oxygen atoms in total. The number of hydrogen-bond donors (Lipinski definition) is 2. The van der Waals surface area contributed by atoms with E-state index in [2.05, 4.69) is 24.3 Å². The Morgan fingerprint density at radius 3 is 2.41 bits per heavy atom. The highest BCUT2D eigenvalue weighted by Crippen LogP contribution is 2.14.